The number of aliphatic hydroxyl groups excluding tert-OH is 1. The van der Waals surface area contributed by atoms with E-state index in [4.69, 9.17) is 5.11 Å². The molecule has 0 radical (unpaired) electrons. The van der Waals surface area contributed by atoms with E-state index in [0.29, 0.717) is 0 Å². The maximum Gasteiger partial charge on any atom is 2.00 e. The second-order valence-corrected chi connectivity index (χ2v) is 4.87. The van der Waals surface area contributed by atoms with Crippen LogP contribution in [0.4, 0.5) is 0 Å². The van der Waals surface area contributed by atoms with Gasteiger partial charge in [0.2, 0.25) is 0 Å². The first kappa shape index (κ1) is 20.0. The van der Waals surface area contributed by atoms with Crippen molar-refractivity contribution < 1.29 is 28.3 Å². The number of fused-ring (bicyclic) bond motifs is 1. The quantitative estimate of drug-likeness (QED) is 0.659. The first-order chi connectivity index (χ1) is 9.04. The maximum atomic E-state index is 9.24. The zero-order chi connectivity index (χ0) is 14.3. The molecule has 0 saturated heterocycles. The van der Waals surface area contributed by atoms with Gasteiger partial charge >= 0.3 is 54.2 Å². The Labute approximate surface area is 147 Å². The summed E-state index contributed by atoms with van der Waals surface area (Å²) in [5, 5.41) is 11.4. The van der Waals surface area contributed by atoms with Crippen LogP contribution in [0.15, 0.2) is 42.5 Å². The smallest absolute Gasteiger partial charge is 0.563 e. The molecule has 0 heterocycles. The molecule has 2 aromatic rings. The first-order valence-electron chi connectivity index (χ1n) is 5.09. The van der Waals surface area contributed by atoms with Crippen molar-refractivity contribution in [2.45, 2.75) is 6.61 Å². The largest absolute Gasteiger partial charge is 2.00 e. The van der Waals surface area contributed by atoms with Crippen LogP contribution in [-0.4, -0.2) is 42.8 Å². The van der Waals surface area contributed by atoms with Gasteiger partial charge < -0.3 is 14.9 Å². The van der Waals surface area contributed by atoms with Crippen LogP contribution >= 0.6 is 16.5 Å². The molecule has 2 aromatic carbocycles. The van der Waals surface area contributed by atoms with Crippen LogP contribution < -0.4 is 9.79 Å². The van der Waals surface area contributed by atoms with E-state index in [9.17, 15) is 18.9 Å². The molecule has 100 valence electrons. The van der Waals surface area contributed by atoms with Gasteiger partial charge in [-0.25, -0.2) is 0 Å². The molecule has 0 spiro atoms. The number of aliphatic hydroxyl groups is 1. The van der Waals surface area contributed by atoms with Crippen LogP contribution in [0.2, 0.25) is 0 Å². The Hall–Kier alpha value is -0.000260. The summed E-state index contributed by atoms with van der Waals surface area (Å²) in [5.41, 5.74) is 0.994. The molecule has 2 unspecified atom stereocenters. The van der Waals surface area contributed by atoms with Crippen LogP contribution in [0.1, 0.15) is 5.56 Å². The number of rotatable bonds is 3. The summed E-state index contributed by atoms with van der Waals surface area (Å²) in [6.07, 6.45) is 0. The third-order valence-electron chi connectivity index (χ3n) is 2.18. The van der Waals surface area contributed by atoms with E-state index in [1.165, 1.54) is 5.39 Å². The molecule has 2 rings (SSSR count). The summed E-state index contributed by atoms with van der Waals surface area (Å²) < 4.78 is 21.6. The van der Waals surface area contributed by atoms with E-state index in [0.717, 1.165) is 10.9 Å². The summed E-state index contributed by atoms with van der Waals surface area (Å²) in [4.78, 5) is 18.5. The predicted octanol–water partition coefficient (Wildman–Crippen LogP) is 0.990. The molecule has 0 aliphatic heterocycles. The van der Waals surface area contributed by atoms with Gasteiger partial charge in [-0.2, -0.15) is 0 Å². The third kappa shape index (κ3) is 7.14. The van der Waals surface area contributed by atoms with Gasteiger partial charge in [-0.1, -0.05) is 42.5 Å². The van der Waals surface area contributed by atoms with Crippen LogP contribution in [0.5, 0.6) is 0 Å². The van der Waals surface area contributed by atoms with Crippen LogP contribution in [0, 0.1) is 0 Å². The maximum absolute atomic E-state index is 9.24. The molecule has 0 aliphatic rings. The van der Waals surface area contributed by atoms with Crippen molar-refractivity contribution in [2.24, 2.45) is 0 Å². The van der Waals surface area contributed by atoms with Crippen molar-refractivity contribution in [3.05, 3.63) is 48.0 Å². The molecule has 0 amide bonds. The second-order valence-electron chi connectivity index (χ2n) is 3.33. The Balaban J connectivity index is 0.000000396. The number of benzene rings is 2. The molecular weight excluding hydrogens is 330 g/mol. The van der Waals surface area contributed by atoms with Gasteiger partial charge in [0.05, 0.1) is 6.61 Å². The second kappa shape index (κ2) is 10.7. The Morgan fingerprint density at radius 2 is 1.55 bits per heavy atom. The van der Waals surface area contributed by atoms with E-state index in [1.54, 1.807) is 0 Å². The van der Waals surface area contributed by atoms with Crippen LogP contribution in [-0.2, 0) is 20.0 Å². The van der Waals surface area contributed by atoms with Crippen molar-refractivity contribution >= 4 is 65.0 Å². The van der Waals surface area contributed by atoms with Gasteiger partial charge in [0.25, 0.3) is 0 Å². The van der Waals surface area contributed by atoms with Crippen molar-refractivity contribution in [1.82, 2.24) is 0 Å². The standard InChI is InChI=1S/C11H10O.Ca.O5P2/c12-8-10-6-3-5-9-4-1-2-7-11(9)10;;1-6(2)5-7(3)4/h1-7,12H,8H2;;/q;+2;. The molecule has 0 aliphatic carbocycles. The van der Waals surface area contributed by atoms with Gasteiger partial charge in [0.1, 0.15) is 4.31 Å². The first-order valence-corrected chi connectivity index (χ1v) is 7.28. The molecule has 20 heavy (non-hydrogen) atoms. The normalized spacial score (nSPS) is 10.9. The molecule has 0 aromatic heterocycles. The summed E-state index contributed by atoms with van der Waals surface area (Å²) in [6.45, 7) is 0.112. The zero-order valence-corrected chi connectivity index (χ0v) is 14.3. The fourth-order valence-corrected chi connectivity index (χ4v) is 1.92. The van der Waals surface area contributed by atoms with E-state index >= 15 is 0 Å². The molecular formula is C11H10CaO6P2+2. The predicted molar refractivity (Wildman–Crippen MR) is 71.9 cm³/mol. The topological polar surface area (TPSA) is 110 Å². The number of hydrogen-bond acceptors (Lipinski definition) is 6. The van der Waals surface area contributed by atoms with Crippen molar-refractivity contribution in [3.8, 4) is 0 Å². The van der Waals surface area contributed by atoms with Gasteiger partial charge in [-0.3, -0.25) is 0 Å². The summed E-state index contributed by atoms with van der Waals surface area (Å²) in [6, 6.07) is 14.0. The van der Waals surface area contributed by atoms with E-state index in [1.807, 2.05) is 30.3 Å². The minimum absolute atomic E-state index is 0. The summed E-state index contributed by atoms with van der Waals surface area (Å²) in [5.74, 6) is 0. The average molecular weight is 340 g/mol. The molecule has 0 fully saturated rings. The Morgan fingerprint density at radius 3 is 2.05 bits per heavy atom. The van der Waals surface area contributed by atoms with Gasteiger partial charge in [-0.05, 0) is 25.5 Å². The summed E-state index contributed by atoms with van der Waals surface area (Å²) >= 11 is 0. The molecule has 6 nitrogen and oxygen atoms in total. The Bertz CT molecular complexity index is 575. The van der Waals surface area contributed by atoms with Gasteiger partial charge in [0, 0.05) is 0 Å². The minimum atomic E-state index is -3.24. The molecule has 1 N–H and O–H groups in total. The summed E-state index contributed by atoms with van der Waals surface area (Å²) in [7, 11) is -6.47. The zero-order valence-electron chi connectivity index (χ0n) is 10.3. The van der Waals surface area contributed by atoms with Crippen LogP contribution in [0.25, 0.3) is 10.8 Å². The monoisotopic (exact) mass is 340 g/mol. The van der Waals surface area contributed by atoms with E-state index in [2.05, 4.69) is 16.4 Å². The average Bonchev–Trinajstić information content (AvgIpc) is 2.37. The van der Waals surface area contributed by atoms with Crippen LogP contribution in [0.3, 0.4) is 0 Å². The molecule has 0 saturated carbocycles. The molecule has 2 atom stereocenters. The van der Waals surface area contributed by atoms with Crippen molar-refractivity contribution in [2.75, 3.05) is 0 Å². The minimum Gasteiger partial charge on any atom is -0.563 e. The van der Waals surface area contributed by atoms with Gasteiger partial charge in [-0.15, -0.1) is 0 Å². The molecule has 0 bridgehead atoms. The molecule has 9 heteroatoms. The van der Waals surface area contributed by atoms with Gasteiger partial charge in [0.15, 0.2) is 0 Å². The Kier molecular flexibility index (Phi) is 10.7. The van der Waals surface area contributed by atoms with E-state index < -0.39 is 16.5 Å². The van der Waals surface area contributed by atoms with E-state index in [-0.39, 0.29) is 44.3 Å². The number of hydrogen-bond donors (Lipinski definition) is 1. The van der Waals surface area contributed by atoms with Crippen molar-refractivity contribution in [3.63, 3.8) is 0 Å². The Morgan fingerprint density at radius 1 is 1.00 bits per heavy atom. The fraction of sp³-hybridized carbons (Fsp3) is 0.0909. The fourth-order valence-electron chi connectivity index (χ4n) is 1.48. The third-order valence-corrected chi connectivity index (χ3v) is 3.25. The SMILES string of the molecule is O=[P+]([O-])O[P+](=O)[O-].OCc1cccc2ccccc12.[Ca+2]. The van der Waals surface area contributed by atoms with Crippen molar-refractivity contribution in [1.29, 1.82) is 0 Å².